The molecule has 0 aromatic heterocycles. The van der Waals surface area contributed by atoms with Crippen LogP contribution in [0.4, 0.5) is 8.78 Å². The largest absolute Gasteiger partial charge is 0.631 e. The highest BCUT2D eigenvalue weighted by molar-refractivity contribution is 7.87. The first-order chi connectivity index (χ1) is 5.93. The van der Waals surface area contributed by atoms with E-state index in [1.807, 2.05) is 0 Å². The molecule has 0 fully saturated rings. The molecule has 0 spiro atoms. The quantitative estimate of drug-likeness (QED) is 0.261. The summed E-state index contributed by atoms with van der Waals surface area (Å²) in [5, 5.41) is 23.9. The normalized spacial score (nSPS) is 11.3. The van der Waals surface area contributed by atoms with Crippen LogP contribution in [0.25, 0.3) is 0 Å². The summed E-state index contributed by atoms with van der Waals surface area (Å²) in [6, 6.07) is 0. The van der Waals surface area contributed by atoms with Gasteiger partial charge in [0.2, 0.25) is 0 Å². The second kappa shape index (κ2) is 5.16. The van der Waals surface area contributed by atoms with E-state index in [9.17, 15) is 22.0 Å². The number of hydrogen-bond acceptors (Lipinski definition) is 6. The molecule has 8 nitrogen and oxygen atoms in total. The third-order valence-electron chi connectivity index (χ3n) is 0.573. The summed E-state index contributed by atoms with van der Waals surface area (Å²) in [4.78, 5) is 9.38. The van der Waals surface area contributed by atoms with E-state index in [0.29, 0.717) is 0 Å². The SMILES string of the molecule is O=C(O)C(F)(F)S(=O)(=O)O.OB(O)O. The van der Waals surface area contributed by atoms with Crippen LogP contribution in [0.5, 0.6) is 0 Å². The van der Waals surface area contributed by atoms with Gasteiger partial charge in [0.15, 0.2) is 0 Å². The topological polar surface area (TPSA) is 152 Å². The summed E-state index contributed by atoms with van der Waals surface area (Å²) < 4.78 is 49.8. The highest BCUT2D eigenvalue weighted by Gasteiger charge is 2.52. The molecule has 0 bridgehead atoms. The molecule has 0 saturated heterocycles. The van der Waals surface area contributed by atoms with Crippen LogP contribution < -0.4 is 0 Å². The molecule has 0 radical (unpaired) electrons. The van der Waals surface area contributed by atoms with Gasteiger partial charge in [0.1, 0.15) is 0 Å². The van der Waals surface area contributed by atoms with Crippen molar-refractivity contribution in [2.45, 2.75) is 5.25 Å². The van der Waals surface area contributed by atoms with Crippen molar-refractivity contribution < 1.29 is 46.7 Å². The lowest BCUT2D eigenvalue weighted by Gasteiger charge is -2.04. The summed E-state index contributed by atoms with van der Waals surface area (Å²) in [7, 11) is -8.00. The Labute approximate surface area is 76.3 Å². The minimum Gasteiger partial charge on any atom is -0.476 e. The van der Waals surface area contributed by atoms with Gasteiger partial charge in [0, 0.05) is 0 Å². The Balaban J connectivity index is 0. The molecule has 0 unspecified atom stereocenters. The van der Waals surface area contributed by atoms with Crippen LogP contribution >= 0.6 is 0 Å². The van der Waals surface area contributed by atoms with Gasteiger partial charge in [-0.05, 0) is 0 Å². The lowest BCUT2D eigenvalue weighted by atomic mass is 10.3. The smallest absolute Gasteiger partial charge is 0.476 e. The maximum absolute atomic E-state index is 11.6. The Morgan fingerprint density at radius 3 is 1.43 bits per heavy atom. The molecule has 0 saturated carbocycles. The molecular weight excluding hydrogens is 233 g/mol. The lowest BCUT2D eigenvalue weighted by molar-refractivity contribution is -0.154. The number of rotatable bonds is 2. The van der Waals surface area contributed by atoms with E-state index in [1.54, 1.807) is 0 Å². The molecule has 5 N–H and O–H groups in total. The van der Waals surface area contributed by atoms with Gasteiger partial charge in [0.25, 0.3) is 0 Å². The van der Waals surface area contributed by atoms with E-state index in [-0.39, 0.29) is 0 Å². The van der Waals surface area contributed by atoms with Crippen molar-refractivity contribution in [1.29, 1.82) is 0 Å². The summed E-state index contributed by atoms with van der Waals surface area (Å²) >= 11 is 0. The van der Waals surface area contributed by atoms with Gasteiger partial charge in [-0.15, -0.1) is 0 Å². The average molecular weight is 238 g/mol. The fraction of sp³-hybridized carbons (Fsp3) is 0.500. The van der Waals surface area contributed by atoms with Crippen LogP contribution in [-0.2, 0) is 14.9 Å². The molecule has 0 aliphatic carbocycles. The standard InChI is InChI=1S/C2H2F2O5S.BH3O3/c3-2(4,1(5)6)10(7,8)9;2-1(3)4/h(H,5,6)(H,7,8,9);2-4H. The van der Waals surface area contributed by atoms with E-state index in [0.717, 1.165) is 0 Å². The highest BCUT2D eigenvalue weighted by Crippen LogP contribution is 2.19. The Bertz CT molecular complexity index is 281. The van der Waals surface area contributed by atoms with Gasteiger partial charge in [-0.25, -0.2) is 4.79 Å². The fourth-order valence-electron chi connectivity index (χ4n) is 0.110. The van der Waals surface area contributed by atoms with Crippen LogP contribution in [0, 0.1) is 0 Å². The van der Waals surface area contributed by atoms with Gasteiger partial charge < -0.3 is 20.2 Å². The third kappa shape index (κ3) is 5.77. The van der Waals surface area contributed by atoms with Crippen molar-refractivity contribution in [3.05, 3.63) is 0 Å². The van der Waals surface area contributed by atoms with E-state index < -0.39 is 28.7 Å². The number of aliphatic carboxylic acids is 1. The fourth-order valence-corrected chi connectivity index (χ4v) is 0.331. The Kier molecular flexibility index (Phi) is 5.77. The minimum absolute atomic E-state index is 2.17. The zero-order chi connectivity index (χ0) is 12.2. The summed E-state index contributed by atoms with van der Waals surface area (Å²) in [6.07, 6.45) is 0. The van der Waals surface area contributed by atoms with E-state index in [1.165, 1.54) is 0 Å². The van der Waals surface area contributed by atoms with Crippen molar-refractivity contribution in [2.75, 3.05) is 0 Å². The van der Waals surface area contributed by atoms with Gasteiger partial charge in [-0.1, -0.05) is 0 Å². The summed E-state index contributed by atoms with van der Waals surface area (Å²) in [5.74, 6) is -2.91. The molecule has 0 heterocycles. The predicted molar refractivity (Wildman–Crippen MR) is 36.5 cm³/mol. The second-order valence-electron chi connectivity index (χ2n) is 1.64. The second-order valence-corrected chi connectivity index (χ2v) is 3.11. The average Bonchev–Trinajstić information content (AvgIpc) is 1.82. The van der Waals surface area contributed by atoms with Crippen LogP contribution in [0.2, 0.25) is 0 Å². The van der Waals surface area contributed by atoms with E-state index in [4.69, 9.17) is 24.7 Å². The zero-order valence-electron chi connectivity index (χ0n) is 6.20. The molecule has 0 aliphatic rings. The van der Waals surface area contributed by atoms with Gasteiger partial charge >= 0.3 is 28.7 Å². The minimum atomic E-state index is -5.83. The Morgan fingerprint density at radius 1 is 1.21 bits per heavy atom. The predicted octanol–water partition coefficient (Wildman–Crippen LogP) is -2.50. The molecule has 0 aliphatic heterocycles. The molecule has 0 atom stereocenters. The summed E-state index contributed by atoms with van der Waals surface area (Å²) in [6.45, 7) is 0. The number of halogens is 2. The zero-order valence-corrected chi connectivity index (χ0v) is 7.02. The first-order valence-corrected chi connectivity index (χ1v) is 3.99. The Morgan fingerprint density at radius 2 is 1.43 bits per heavy atom. The number of carbonyl (C=O) groups is 1. The van der Waals surface area contributed by atoms with Crippen molar-refractivity contribution >= 4 is 23.4 Å². The number of carboxylic acids is 1. The monoisotopic (exact) mass is 238 g/mol. The Hall–Kier alpha value is -0.815. The van der Waals surface area contributed by atoms with Crippen molar-refractivity contribution in [3.63, 3.8) is 0 Å². The van der Waals surface area contributed by atoms with E-state index >= 15 is 0 Å². The highest BCUT2D eigenvalue weighted by atomic mass is 32.2. The van der Waals surface area contributed by atoms with Crippen molar-refractivity contribution in [2.24, 2.45) is 0 Å². The van der Waals surface area contributed by atoms with Gasteiger partial charge in [0.05, 0.1) is 0 Å². The number of hydrogen-bond donors (Lipinski definition) is 5. The summed E-state index contributed by atoms with van der Waals surface area (Å²) in [5.41, 5.74) is 0. The third-order valence-corrected chi connectivity index (χ3v) is 1.40. The number of alkyl halides is 2. The molecule has 0 amide bonds. The molecule has 12 heteroatoms. The van der Waals surface area contributed by atoms with E-state index in [2.05, 4.69) is 0 Å². The van der Waals surface area contributed by atoms with Crippen LogP contribution in [-0.4, -0.2) is 51.7 Å². The lowest BCUT2D eigenvalue weighted by Crippen LogP contribution is -2.36. The first-order valence-electron chi connectivity index (χ1n) is 2.55. The van der Waals surface area contributed by atoms with Crippen LogP contribution in [0.1, 0.15) is 0 Å². The number of carboxylic acid groups (broad SMARTS) is 1. The van der Waals surface area contributed by atoms with Crippen LogP contribution in [0.15, 0.2) is 0 Å². The maximum atomic E-state index is 11.6. The van der Waals surface area contributed by atoms with Crippen molar-refractivity contribution in [3.8, 4) is 0 Å². The van der Waals surface area contributed by atoms with Gasteiger partial charge in [-0.3, -0.25) is 4.55 Å². The molecule has 0 aromatic carbocycles. The van der Waals surface area contributed by atoms with Gasteiger partial charge in [-0.2, -0.15) is 17.2 Å². The first kappa shape index (κ1) is 15.6. The molecule has 14 heavy (non-hydrogen) atoms. The van der Waals surface area contributed by atoms with Crippen molar-refractivity contribution in [1.82, 2.24) is 0 Å². The molecule has 0 rings (SSSR count). The maximum Gasteiger partial charge on any atom is 0.631 e. The molecule has 84 valence electrons. The molecular formula is C2H5BF2O8S. The molecule has 0 aromatic rings. The van der Waals surface area contributed by atoms with Crippen LogP contribution in [0.3, 0.4) is 0 Å².